The summed E-state index contributed by atoms with van der Waals surface area (Å²) in [4.78, 5) is 11.7. The van der Waals surface area contributed by atoms with Crippen LogP contribution in [-0.4, -0.2) is 15.9 Å². The zero-order chi connectivity index (χ0) is 12.3. The van der Waals surface area contributed by atoms with E-state index in [0.717, 1.165) is 15.3 Å². The highest BCUT2D eigenvalue weighted by Crippen LogP contribution is 2.08. The molecule has 0 atom stereocenters. The van der Waals surface area contributed by atoms with Crippen molar-refractivity contribution in [1.82, 2.24) is 9.78 Å². The quantitative estimate of drug-likeness (QED) is 0.783. The zero-order valence-corrected chi connectivity index (χ0v) is 10.8. The van der Waals surface area contributed by atoms with E-state index in [4.69, 9.17) is 17.0 Å². The lowest BCUT2D eigenvalue weighted by Gasteiger charge is -2.03. The van der Waals surface area contributed by atoms with E-state index in [1.165, 1.54) is 11.3 Å². The van der Waals surface area contributed by atoms with Gasteiger partial charge in [0.1, 0.15) is 11.6 Å². The third kappa shape index (κ3) is 2.98. The molecular weight excluding hydrogens is 256 g/mol. The average Bonchev–Trinajstić information content (AvgIpc) is 2.67. The van der Waals surface area contributed by atoms with Crippen LogP contribution < -0.4 is 0 Å². The molecule has 0 radical (unpaired) electrons. The SMILES string of the molecule is Cc1nn(C(=O)OCc2ccccc2)c(=S)s1. The Bertz CT molecular complexity index is 575. The Balaban J connectivity index is 2.03. The molecule has 1 aromatic carbocycles. The molecule has 0 amide bonds. The van der Waals surface area contributed by atoms with Gasteiger partial charge in [0.25, 0.3) is 0 Å². The average molecular weight is 266 g/mol. The van der Waals surface area contributed by atoms with Gasteiger partial charge in [-0.15, -0.1) is 4.68 Å². The molecule has 0 N–H and O–H groups in total. The molecule has 0 aliphatic heterocycles. The van der Waals surface area contributed by atoms with Gasteiger partial charge in [0.15, 0.2) is 3.95 Å². The topological polar surface area (TPSA) is 44.1 Å². The minimum absolute atomic E-state index is 0.220. The lowest BCUT2D eigenvalue weighted by Crippen LogP contribution is -2.15. The van der Waals surface area contributed by atoms with Crippen LogP contribution in [0.1, 0.15) is 10.6 Å². The van der Waals surface area contributed by atoms with Crippen molar-refractivity contribution in [3.63, 3.8) is 0 Å². The lowest BCUT2D eigenvalue weighted by molar-refractivity contribution is 0.137. The number of aromatic nitrogens is 2. The van der Waals surface area contributed by atoms with Crippen molar-refractivity contribution in [2.24, 2.45) is 0 Å². The Morgan fingerprint density at radius 1 is 1.47 bits per heavy atom. The lowest BCUT2D eigenvalue weighted by atomic mass is 10.2. The van der Waals surface area contributed by atoms with E-state index in [2.05, 4.69) is 5.10 Å². The van der Waals surface area contributed by atoms with Crippen molar-refractivity contribution in [1.29, 1.82) is 0 Å². The van der Waals surface area contributed by atoms with E-state index in [0.29, 0.717) is 3.95 Å². The van der Waals surface area contributed by atoms with Crippen LogP contribution in [0.15, 0.2) is 30.3 Å². The molecule has 0 unspecified atom stereocenters. The van der Waals surface area contributed by atoms with Gasteiger partial charge in [-0.1, -0.05) is 41.7 Å². The Morgan fingerprint density at radius 3 is 2.76 bits per heavy atom. The number of ether oxygens (including phenoxy) is 1. The smallest absolute Gasteiger partial charge is 0.437 e. The molecule has 0 saturated heterocycles. The standard InChI is InChI=1S/C11H10N2O2S2/c1-8-12-13(11(16)17-8)10(14)15-7-9-5-3-2-4-6-9/h2-6H,7H2,1H3. The second-order valence-corrected chi connectivity index (χ2v) is 5.17. The Labute approximate surface area is 107 Å². The van der Waals surface area contributed by atoms with E-state index >= 15 is 0 Å². The summed E-state index contributed by atoms with van der Waals surface area (Å²) in [5.41, 5.74) is 0.930. The fourth-order valence-corrected chi connectivity index (χ4v) is 2.32. The number of nitrogens with zero attached hydrogens (tertiary/aromatic N) is 2. The van der Waals surface area contributed by atoms with E-state index in [9.17, 15) is 4.79 Å². The predicted molar refractivity (Wildman–Crippen MR) is 67.7 cm³/mol. The van der Waals surface area contributed by atoms with Gasteiger partial charge in [-0.25, -0.2) is 4.79 Å². The molecule has 4 nitrogen and oxygen atoms in total. The third-order valence-electron chi connectivity index (χ3n) is 2.03. The molecule has 2 aromatic rings. The van der Waals surface area contributed by atoms with Crippen molar-refractivity contribution < 1.29 is 9.53 Å². The number of benzene rings is 1. The molecule has 6 heteroatoms. The molecular formula is C11H10N2O2S2. The van der Waals surface area contributed by atoms with Gasteiger partial charge in [0.05, 0.1) is 0 Å². The number of hydrogen-bond acceptors (Lipinski definition) is 5. The first-order chi connectivity index (χ1) is 8.16. The molecule has 0 saturated carbocycles. The van der Waals surface area contributed by atoms with Gasteiger partial charge in [-0.05, 0) is 24.7 Å². The van der Waals surface area contributed by atoms with Crippen molar-refractivity contribution in [3.05, 3.63) is 44.9 Å². The van der Waals surface area contributed by atoms with Crippen LogP contribution in [0.3, 0.4) is 0 Å². The highest BCUT2D eigenvalue weighted by Gasteiger charge is 2.10. The molecule has 0 fully saturated rings. The first kappa shape index (κ1) is 11.9. The second-order valence-electron chi connectivity index (χ2n) is 3.34. The normalized spacial score (nSPS) is 10.2. The van der Waals surface area contributed by atoms with Crippen LogP contribution in [0.25, 0.3) is 0 Å². The summed E-state index contributed by atoms with van der Waals surface area (Å²) in [5, 5.41) is 4.72. The zero-order valence-electron chi connectivity index (χ0n) is 9.12. The van der Waals surface area contributed by atoms with Crippen LogP contribution >= 0.6 is 23.6 Å². The summed E-state index contributed by atoms with van der Waals surface area (Å²) in [6.07, 6.45) is -0.539. The summed E-state index contributed by atoms with van der Waals surface area (Å²) in [6, 6.07) is 9.46. The summed E-state index contributed by atoms with van der Waals surface area (Å²) in [6.45, 7) is 2.01. The largest absolute Gasteiger partial charge is 0.443 e. The van der Waals surface area contributed by atoms with E-state index in [-0.39, 0.29) is 6.61 Å². The minimum atomic E-state index is -0.539. The molecule has 0 bridgehead atoms. The Hall–Kier alpha value is -1.53. The predicted octanol–water partition coefficient (Wildman–Crippen LogP) is 3.17. The van der Waals surface area contributed by atoms with Gasteiger partial charge in [0, 0.05) is 0 Å². The molecule has 17 heavy (non-hydrogen) atoms. The molecule has 1 heterocycles. The third-order valence-corrected chi connectivity index (χ3v) is 3.17. The first-order valence-electron chi connectivity index (χ1n) is 4.94. The summed E-state index contributed by atoms with van der Waals surface area (Å²) < 4.78 is 6.62. The van der Waals surface area contributed by atoms with Crippen LogP contribution in [0.5, 0.6) is 0 Å². The van der Waals surface area contributed by atoms with Gasteiger partial charge >= 0.3 is 6.09 Å². The van der Waals surface area contributed by atoms with E-state index < -0.39 is 6.09 Å². The molecule has 0 spiro atoms. The van der Waals surface area contributed by atoms with Crippen molar-refractivity contribution >= 4 is 29.6 Å². The van der Waals surface area contributed by atoms with Gasteiger partial charge in [-0.3, -0.25) is 0 Å². The number of aryl methyl sites for hydroxylation is 1. The van der Waals surface area contributed by atoms with Crippen molar-refractivity contribution in [3.8, 4) is 0 Å². The first-order valence-corrected chi connectivity index (χ1v) is 6.17. The summed E-state index contributed by atoms with van der Waals surface area (Å²) in [7, 11) is 0. The molecule has 1 aromatic heterocycles. The molecule has 88 valence electrons. The number of hydrogen-bond donors (Lipinski definition) is 0. The molecule has 0 aliphatic carbocycles. The van der Waals surface area contributed by atoms with E-state index in [1.807, 2.05) is 30.3 Å². The van der Waals surface area contributed by atoms with Crippen LogP contribution in [0, 0.1) is 10.9 Å². The molecule has 0 aliphatic rings. The van der Waals surface area contributed by atoms with Gasteiger partial charge in [-0.2, -0.15) is 5.10 Å². The van der Waals surface area contributed by atoms with Crippen LogP contribution in [-0.2, 0) is 11.3 Å². The monoisotopic (exact) mass is 266 g/mol. The maximum absolute atomic E-state index is 11.7. The fraction of sp³-hybridized carbons (Fsp3) is 0.182. The number of carbonyl (C=O) groups excluding carboxylic acids is 1. The summed E-state index contributed by atoms with van der Waals surface area (Å²) in [5.74, 6) is 0. The highest BCUT2D eigenvalue weighted by atomic mass is 32.1. The maximum Gasteiger partial charge on any atom is 0.437 e. The minimum Gasteiger partial charge on any atom is -0.443 e. The fourth-order valence-electron chi connectivity index (χ4n) is 1.27. The number of carbonyl (C=O) groups is 1. The highest BCUT2D eigenvalue weighted by molar-refractivity contribution is 7.73. The second kappa shape index (κ2) is 5.20. The van der Waals surface area contributed by atoms with E-state index in [1.54, 1.807) is 6.92 Å². The maximum atomic E-state index is 11.7. The number of rotatable bonds is 2. The Kier molecular flexibility index (Phi) is 3.65. The Morgan fingerprint density at radius 2 is 2.18 bits per heavy atom. The molecule has 2 rings (SSSR count). The summed E-state index contributed by atoms with van der Waals surface area (Å²) >= 11 is 6.28. The van der Waals surface area contributed by atoms with Gasteiger partial charge in [0.2, 0.25) is 0 Å². The van der Waals surface area contributed by atoms with Crippen molar-refractivity contribution in [2.75, 3.05) is 0 Å². The van der Waals surface area contributed by atoms with Crippen molar-refractivity contribution in [2.45, 2.75) is 13.5 Å². The van der Waals surface area contributed by atoms with Crippen LogP contribution in [0.2, 0.25) is 0 Å². The van der Waals surface area contributed by atoms with Gasteiger partial charge < -0.3 is 4.74 Å². The van der Waals surface area contributed by atoms with Crippen LogP contribution in [0.4, 0.5) is 4.79 Å².